The lowest BCUT2D eigenvalue weighted by Crippen LogP contribution is -2.32. The fourth-order valence-electron chi connectivity index (χ4n) is 1.64. The molecule has 2 aromatic rings. The predicted molar refractivity (Wildman–Crippen MR) is 69.9 cm³/mol. The van der Waals surface area contributed by atoms with E-state index in [0.29, 0.717) is 12.2 Å². The minimum Gasteiger partial charge on any atom is -0.480 e. The first-order valence-electron chi connectivity index (χ1n) is 5.82. The SMILES string of the molecule is Cc1ncsc1CCn1cc(CC(N)C(=O)O)nn1. The number of carbonyl (C=O) groups is 1. The van der Waals surface area contributed by atoms with Crippen LogP contribution in [-0.2, 0) is 24.2 Å². The van der Waals surface area contributed by atoms with Crippen molar-refractivity contribution in [1.29, 1.82) is 0 Å². The first-order chi connectivity index (χ1) is 9.06. The van der Waals surface area contributed by atoms with E-state index in [-0.39, 0.29) is 6.42 Å². The molecule has 1 unspecified atom stereocenters. The molecule has 8 heteroatoms. The van der Waals surface area contributed by atoms with Gasteiger partial charge in [-0.15, -0.1) is 16.4 Å². The van der Waals surface area contributed by atoms with Crippen LogP contribution in [0.4, 0.5) is 0 Å². The molecule has 0 bridgehead atoms. The van der Waals surface area contributed by atoms with E-state index >= 15 is 0 Å². The quantitative estimate of drug-likeness (QED) is 0.785. The van der Waals surface area contributed by atoms with Crippen LogP contribution in [0.1, 0.15) is 16.3 Å². The molecule has 2 rings (SSSR count). The summed E-state index contributed by atoms with van der Waals surface area (Å²) in [4.78, 5) is 16.0. The summed E-state index contributed by atoms with van der Waals surface area (Å²) in [5.41, 5.74) is 8.90. The number of carboxylic acids is 1. The number of hydrogen-bond donors (Lipinski definition) is 2. The molecule has 3 N–H and O–H groups in total. The second-order valence-corrected chi connectivity index (χ2v) is 5.17. The Labute approximate surface area is 114 Å². The monoisotopic (exact) mass is 281 g/mol. The Morgan fingerprint density at radius 1 is 1.63 bits per heavy atom. The summed E-state index contributed by atoms with van der Waals surface area (Å²) in [6, 6.07) is -0.936. The van der Waals surface area contributed by atoms with Gasteiger partial charge in [0.15, 0.2) is 0 Å². The van der Waals surface area contributed by atoms with E-state index in [9.17, 15) is 4.79 Å². The Balaban J connectivity index is 1.91. The second-order valence-electron chi connectivity index (χ2n) is 4.23. The van der Waals surface area contributed by atoms with E-state index in [4.69, 9.17) is 10.8 Å². The summed E-state index contributed by atoms with van der Waals surface area (Å²) < 4.78 is 1.70. The van der Waals surface area contributed by atoms with E-state index < -0.39 is 12.0 Å². The second kappa shape index (κ2) is 5.89. The third-order valence-corrected chi connectivity index (χ3v) is 3.74. The fraction of sp³-hybridized carbons (Fsp3) is 0.455. The number of hydrogen-bond acceptors (Lipinski definition) is 6. The third kappa shape index (κ3) is 3.58. The van der Waals surface area contributed by atoms with Crippen molar-refractivity contribution in [2.24, 2.45) is 5.73 Å². The number of nitrogens with two attached hydrogens (primary N) is 1. The zero-order chi connectivity index (χ0) is 13.8. The molecule has 0 spiro atoms. The van der Waals surface area contributed by atoms with Crippen molar-refractivity contribution in [3.63, 3.8) is 0 Å². The number of rotatable bonds is 6. The van der Waals surface area contributed by atoms with Gasteiger partial charge in [0.1, 0.15) is 6.04 Å². The summed E-state index contributed by atoms with van der Waals surface area (Å²) in [6.07, 6.45) is 2.76. The molecule has 7 nitrogen and oxygen atoms in total. The zero-order valence-corrected chi connectivity index (χ0v) is 11.3. The lowest BCUT2D eigenvalue weighted by Gasteiger charge is -2.01. The van der Waals surface area contributed by atoms with Gasteiger partial charge in [0, 0.05) is 30.5 Å². The van der Waals surface area contributed by atoms with Crippen LogP contribution in [0.5, 0.6) is 0 Å². The highest BCUT2D eigenvalue weighted by Gasteiger charge is 2.14. The molecular formula is C11H15N5O2S. The number of carboxylic acid groups (broad SMARTS) is 1. The molecule has 1 atom stereocenters. The molecule has 0 radical (unpaired) electrons. The number of thiazole rings is 1. The summed E-state index contributed by atoms with van der Waals surface area (Å²) >= 11 is 1.62. The van der Waals surface area contributed by atoms with Crippen molar-refractivity contribution in [2.45, 2.75) is 32.4 Å². The normalized spacial score (nSPS) is 12.5. The van der Waals surface area contributed by atoms with Crippen LogP contribution in [0.15, 0.2) is 11.7 Å². The van der Waals surface area contributed by atoms with Crippen LogP contribution in [0.2, 0.25) is 0 Å². The summed E-state index contributed by atoms with van der Waals surface area (Å²) in [5.74, 6) is -1.03. The van der Waals surface area contributed by atoms with Gasteiger partial charge in [0.25, 0.3) is 0 Å². The molecule has 19 heavy (non-hydrogen) atoms. The third-order valence-electron chi connectivity index (χ3n) is 2.75. The van der Waals surface area contributed by atoms with Gasteiger partial charge in [-0.25, -0.2) is 4.98 Å². The maximum Gasteiger partial charge on any atom is 0.320 e. The maximum absolute atomic E-state index is 10.6. The largest absolute Gasteiger partial charge is 0.480 e. The van der Waals surface area contributed by atoms with Crippen molar-refractivity contribution >= 4 is 17.3 Å². The van der Waals surface area contributed by atoms with Crippen LogP contribution >= 0.6 is 11.3 Å². The Morgan fingerprint density at radius 2 is 2.42 bits per heavy atom. The van der Waals surface area contributed by atoms with E-state index in [1.54, 1.807) is 22.2 Å². The van der Waals surface area contributed by atoms with Crippen LogP contribution in [0.25, 0.3) is 0 Å². The Morgan fingerprint density at radius 3 is 3.05 bits per heavy atom. The van der Waals surface area contributed by atoms with Crippen molar-refractivity contribution in [3.05, 3.63) is 28.0 Å². The topological polar surface area (TPSA) is 107 Å². The van der Waals surface area contributed by atoms with E-state index in [0.717, 1.165) is 12.1 Å². The minimum atomic E-state index is -1.03. The van der Waals surface area contributed by atoms with Gasteiger partial charge in [-0.2, -0.15) is 0 Å². The predicted octanol–water partition coefficient (Wildman–Crippen LogP) is 0.240. The molecule has 102 valence electrons. The van der Waals surface area contributed by atoms with E-state index in [1.165, 1.54) is 4.88 Å². The number of aromatic nitrogens is 4. The molecule has 0 saturated carbocycles. The lowest BCUT2D eigenvalue weighted by molar-refractivity contribution is -0.138. The lowest BCUT2D eigenvalue weighted by atomic mass is 10.2. The van der Waals surface area contributed by atoms with Gasteiger partial charge in [-0.3, -0.25) is 9.48 Å². The Hall–Kier alpha value is -1.80. The van der Waals surface area contributed by atoms with E-state index in [2.05, 4.69) is 15.3 Å². The Bertz CT molecular complexity index is 565. The molecular weight excluding hydrogens is 266 g/mol. The Kier molecular flexibility index (Phi) is 4.23. The van der Waals surface area contributed by atoms with Gasteiger partial charge >= 0.3 is 5.97 Å². The average molecular weight is 281 g/mol. The first kappa shape index (κ1) is 13.6. The highest BCUT2D eigenvalue weighted by molar-refractivity contribution is 7.09. The van der Waals surface area contributed by atoms with Gasteiger partial charge in [0.05, 0.1) is 16.9 Å². The highest BCUT2D eigenvalue weighted by atomic mass is 32.1. The molecule has 0 amide bonds. The van der Waals surface area contributed by atoms with Crippen molar-refractivity contribution in [3.8, 4) is 0 Å². The number of nitrogens with zero attached hydrogens (tertiary/aromatic N) is 4. The van der Waals surface area contributed by atoms with Crippen LogP contribution < -0.4 is 5.73 Å². The smallest absolute Gasteiger partial charge is 0.320 e. The molecule has 2 aromatic heterocycles. The van der Waals surface area contributed by atoms with Crippen LogP contribution in [-0.4, -0.2) is 37.1 Å². The van der Waals surface area contributed by atoms with Crippen molar-refractivity contribution < 1.29 is 9.90 Å². The standard InChI is InChI=1S/C11H15N5O2S/c1-7-10(19-6-13-7)2-3-16-5-8(14-15-16)4-9(12)11(17)18/h5-6,9H,2-4,12H2,1H3,(H,17,18). The van der Waals surface area contributed by atoms with Gasteiger partial charge < -0.3 is 10.8 Å². The highest BCUT2D eigenvalue weighted by Crippen LogP contribution is 2.13. The molecule has 0 aliphatic carbocycles. The maximum atomic E-state index is 10.6. The van der Waals surface area contributed by atoms with Crippen LogP contribution in [0.3, 0.4) is 0 Å². The molecule has 0 aliphatic heterocycles. The molecule has 0 saturated heterocycles. The zero-order valence-electron chi connectivity index (χ0n) is 10.5. The molecule has 0 fully saturated rings. The average Bonchev–Trinajstić information content (AvgIpc) is 2.96. The molecule has 0 aromatic carbocycles. The van der Waals surface area contributed by atoms with Crippen molar-refractivity contribution in [2.75, 3.05) is 0 Å². The first-order valence-corrected chi connectivity index (χ1v) is 6.70. The summed E-state index contributed by atoms with van der Waals surface area (Å²) in [6.45, 7) is 2.67. The summed E-state index contributed by atoms with van der Waals surface area (Å²) in [7, 11) is 0. The fourth-order valence-corrected chi connectivity index (χ4v) is 2.41. The minimum absolute atomic E-state index is 0.189. The molecule has 2 heterocycles. The number of aliphatic carboxylic acids is 1. The molecule has 0 aliphatic rings. The van der Waals surface area contributed by atoms with Crippen molar-refractivity contribution in [1.82, 2.24) is 20.0 Å². The van der Waals surface area contributed by atoms with Gasteiger partial charge in [-0.05, 0) is 6.92 Å². The van der Waals surface area contributed by atoms with E-state index in [1.807, 2.05) is 12.4 Å². The van der Waals surface area contributed by atoms with Gasteiger partial charge in [0.2, 0.25) is 0 Å². The van der Waals surface area contributed by atoms with Crippen LogP contribution in [0, 0.1) is 6.92 Å². The van der Waals surface area contributed by atoms with Gasteiger partial charge in [-0.1, -0.05) is 5.21 Å². The number of aryl methyl sites for hydroxylation is 3. The summed E-state index contributed by atoms with van der Waals surface area (Å²) in [5, 5.41) is 16.6.